The lowest BCUT2D eigenvalue weighted by Gasteiger charge is -2.12. The third kappa shape index (κ3) is 3.89. The van der Waals surface area contributed by atoms with Crippen molar-refractivity contribution in [3.05, 3.63) is 53.6 Å². The molecule has 2 rings (SSSR count). The van der Waals surface area contributed by atoms with Gasteiger partial charge in [-0.05, 0) is 24.1 Å². The van der Waals surface area contributed by atoms with Gasteiger partial charge in [0.05, 0.1) is 18.5 Å². The molecular weight excluding hydrogens is 268 g/mol. The van der Waals surface area contributed by atoms with E-state index in [2.05, 4.69) is 5.32 Å². The molecule has 3 N–H and O–H groups in total. The molecule has 0 saturated heterocycles. The number of rotatable bonds is 4. The fourth-order valence-corrected chi connectivity index (χ4v) is 1.89. The first kappa shape index (κ1) is 14.7. The van der Waals surface area contributed by atoms with Gasteiger partial charge in [0.25, 0.3) is 0 Å². The lowest BCUT2D eigenvalue weighted by molar-refractivity contribution is 0.155. The van der Waals surface area contributed by atoms with Crippen molar-refractivity contribution in [3.63, 3.8) is 0 Å². The molecule has 0 fully saturated rings. The van der Waals surface area contributed by atoms with Crippen LogP contribution in [0.2, 0.25) is 0 Å². The number of hydrogen-bond donors (Lipinski definition) is 2. The molecule has 0 spiro atoms. The number of nitrogens with two attached hydrogens (primary N) is 1. The van der Waals surface area contributed by atoms with E-state index >= 15 is 0 Å². The van der Waals surface area contributed by atoms with Crippen molar-refractivity contribution >= 4 is 17.5 Å². The number of ether oxygens (including phenoxy) is 2. The molecule has 110 valence electrons. The fraction of sp³-hybridized carbons (Fsp3) is 0.188. The number of nitrogen functional groups attached to an aromatic ring is 1. The van der Waals surface area contributed by atoms with Gasteiger partial charge in [-0.2, -0.15) is 0 Å². The predicted molar refractivity (Wildman–Crippen MR) is 82.4 cm³/mol. The highest BCUT2D eigenvalue weighted by molar-refractivity contribution is 5.86. The molecule has 0 aliphatic heterocycles. The van der Waals surface area contributed by atoms with Crippen molar-refractivity contribution in [3.8, 4) is 5.75 Å². The third-order valence-corrected chi connectivity index (χ3v) is 3.03. The van der Waals surface area contributed by atoms with E-state index in [0.717, 1.165) is 11.1 Å². The number of amides is 1. The van der Waals surface area contributed by atoms with E-state index in [1.54, 1.807) is 12.1 Å². The summed E-state index contributed by atoms with van der Waals surface area (Å²) in [6.07, 6.45) is -0.520. The van der Waals surface area contributed by atoms with Crippen LogP contribution in [-0.4, -0.2) is 13.2 Å². The molecule has 0 aromatic heterocycles. The molecule has 2 aromatic rings. The van der Waals surface area contributed by atoms with Gasteiger partial charge in [-0.3, -0.25) is 5.32 Å². The van der Waals surface area contributed by atoms with E-state index in [9.17, 15) is 4.79 Å². The summed E-state index contributed by atoms with van der Waals surface area (Å²) in [5, 5.41) is 2.69. The number of benzene rings is 2. The molecule has 0 atom stereocenters. The molecule has 2 aromatic carbocycles. The van der Waals surface area contributed by atoms with E-state index < -0.39 is 6.09 Å². The zero-order valence-electron chi connectivity index (χ0n) is 12.1. The molecule has 21 heavy (non-hydrogen) atoms. The number of nitrogens with one attached hydrogen (secondary N) is 1. The summed E-state index contributed by atoms with van der Waals surface area (Å²) in [5.41, 5.74) is 8.70. The molecule has 0 saturated carbocycles. The summed E-state index contributed by atoms with van der Waals surface area (Å²) in [5.74, 6) is 0.513. The Morgan fingerprint density at radius 3 is 2.62 bits per heavy atom. The summed E-state index contributed by atoms with van der Waals surface area (Å²) >= 11 is 0. The van der Waals surface area contributed by atoms with Crippen LogP contribution in [-0.2, 0) is 11.3 Å². The average molecular weight is 286 g/mol. The smallest absolute Gasteiger partial charge is 0.411 e. The molecule has 1 amide bonds. The van der Waals surface area contributed by atoms with Crippen LogP contribution in [0.15, 0.2) is 42.5 Å². The van der Waals surface area contributed by atoms with Gasteiger partial charge >= 0.3 is 6.09 Å². The van der Waals surface area contributed by atoms with Gasteiger partial charge in [0.1, 0.15) is 12.4 Å². The number of aryl methyl sites for hydroxylation is 1. The van der Waals surface area contributed by atoms with Gasteiger partial charge in [-0.1, -0.05) is 30.3 Å². The Labute approximate surface area is 123 Å². The Kier molecular flexibility index (Phi) is 4.66. The maximum Gasteiger partial charge on any atom is 0.411 e. The Balaban J connectivity index is 1.99. The quantitative estimate of drug-likeness (QED) is 0.845. The van der Waals surface area contributed by atoms with Gasteiger partial charge in [0.2, 0.25) is 0 Å². The summed E-state index contributed by atoms with van der Waals surface area (Å²) in [6.45, 7) is 2.07. The number of carbonyl (C=O) groups excluding carboxylic acids is 1. The Hall–Kier alpha value is -2.69. The maximum absolute atomic E-state index is 11.8. The fourth-order valence-electron chi connectivity index (χ4n) is 1.89. The molecule has 5 nitrogen and oxygen atoms in total. The molecule has 0 heterocycles. The first-order chi connectivity index (χ1) is 10.1. The van der Waals surface area contributed by atoms with Crippen molar-refractivity contribution in [2.24, 2.45) is 0 Å². The molecule has 0 bridgehead atoms. The standard InChI is InChI=1S/C16H18N2O3/c1-11-8-13(17)15(20-2)9-14(11)18-16(19)21-10-12-6-4-3-5-7-12/h3-9H,10,17H2,1-2H3,(H,18,19). The minimum atomic E-state index is -0.520. The highest BCUT2D eigenvalue weighted by Gasteiger charge is 2.09. The molecular formula is C16H18N2O3. The Morgan fingerprint density at radius 1 is 1.24 bits per heavy atom. The topological polar surface area (TPSA) is 73.6 Å². The second-order valence-electron chi connectivity index (χ2n) is 4.60. The van der Waals surface area contributed by atoms with Crippen LogP contribution in [0.25, 0.3) is 0 Å². The SMILES string of the molecule is COc1cc(NC(=O)OCc2ccccc2)c(C)cc1N. The minimum absolute atomic E-state index is 0.220. The Morgan fingerprint density at radius 2 is 1.95 bits per heavy atom. The van der Waals surface area contributed by atoms with Gasteiger partial charge in [0.15, 0.2) is 0 Å². The van der Waals surface area contributed by atoms with E-state index in [4.69, 9.17) is 15.2 Å². The van der Waals surface area contributed by atoms with E-state index in [-0.39, 0.29) is 6.61 Å². The van der Waals surface area contributed by atoms with Crippen LogP contribution in [0.4, 0.5) is 16.2 Å². The van der Waals surface area contributed by atoms with Crippen LogP contribution in [0, 0.1) is 6.92 Å². The lowest BCUT2D eigenvalue weighted by atomic mass is 10.1. The van der Waals surface area contributed by atoms with Crippen molar-refractivity contribution < 1.29 is 14.3 Å². The molecule has 0 aliphatic carbocycles. The van der Waals surface area contributed by atoms with Crippen LogP contribution in [0.1, 0.15) is 11.1 Å². The molecule has 0 radical (unpaired) electrons. The van der Waals surface area contributed by atoms with Crippen molar-refractivity contribution in [2.75, 3.05) is 18.2 Å². The van der Waals surface area contributed by atoms with Crippen LogP contribution < -0.4 is 15.8 Å². The zero-order valence-corrected chi connectivity index (χ0v) is 12.1. The first-order valence-electron chi connectivity index (χ1n) is 6.52. The van der Waals surface area contributed by atoms with Gasteiger partial charge in [-0.25, -0.2) is 4.79 Å². The van der Waals surface area contributed by atoms with Crippen molar-refractivity contribution in [1.82, 2.24) is 0 Å². The number of hydrogen-bond acceptors (Lipinski definition) is 4. The van der Waals surface area contributed by atoms with E-state index in [0.29, 0.717) is 17.1 Å². The highest BCUT2D eigenvalue weighted by Crippen LogP contribution is 2.28. The van der Waals surface area contributed by atoms with Crippen LogP contribution >= 0.6 is 0 Å². The number of methoxy groups -OCH3 is 1. The largest absolute Gasteiger partial charge is 0.495 e. The first-order valence-corrected chi connectivity index (χ1v) is 6.52. The zero-order chi connectivity index (χ0) is 15.2. The predicted octanol–water partition coefficient (Wildman–Crippen LogP) is 3.33. The number of carbonyl (C=O) groups is 1. The van der Waals surface area contributed by atoms with Gasteiger partial charge in [0, 0.05) is 6.07 Å². The van der Waals surface area contributed by atoms with Gasteiger partial charge in [-0.15, -0.1) is 0 Å². The van der Waals surface area contributed by atoms with E-state index in [1.165, 1.54) is 7.11 Å². The summed E-state index contributed by atoms with van der Waals surface area (Å²) < 4.78 is 10.3. The van der Waals surface area contributed by atoms with Crippen molar-refractivity contribution in [2.45, 2.75) is 13.5 Å². The second kappa shape index (κ2) is 6.65. The van der Waals surface area contributed by atoms with Crippen molar-refractivity contribution in [1.29, 1.82) is 0 Å². The summed E-state index contributed by atoms with van der Waals surface area (Å²) in [4.78, 5) is 11.8. The van der Waals surface area contributed by atoms with Crippen LogP contribution in [0.5, 0.6) is 5.75 Å². The average Bonchev–Trinajstić information content (AvgIpc) is 2.49. The van der Waals surface area contributed by atoms with E-state index in [1.807, 2.05) is 37.3 Å². The summed E-state index contributed by atoms with van der Waals surface area (Å²) in [7, 11) is 1.53. The molecule has 0 aliphatic rings. The minimum Gasteiger partial charge on any atom is -0.495 e. The van der Waals surface area contributed by atoms with Crippen LogP contribution in [0.3, 0.4) is 0 Å². The highest BCUT2D eigenvalue weighted by atomic mass is 16.5. The summed E-state index contributed by atoms with van der Waals surface area (Å²) in [6, 6.07) is 12.9. The second-order valence-corrected chi connectivity index (χ2v) is 4.60. The normalized spacial score (nSPS) is 10.0. The molecule has 0 unspecified atom stereocenters. The van der Waals surface area contributed by atoms with Gasteiger partial charge < -0.3 is 15.2 Å². The number of anilines is 2. The molecule has 5 heteroatoms. The lowest BCUT2D eigenvalue weighted by Crippen LogP contribution is -2.14. The maximum atomic E-state index is 11.8. The third-order valence-electron chi connectivity index (χ3n) is 3.03. The Bertz CT molecular complexity index is 627. The monoisotopic (exact) mass is 286 g/mol.